The molecule has 3 N–H and O–H groups in total. The molecule has 0 atom stereocenters. The van der Waals surface area contributed by atoms with Crippen LogP contribution in [0.2, 0.25) is 0 Å². The first-order valence-electron chi connectivity index (χ1n) is 15.1. The summed E-state index contributed by atoms with van der Waals surface area (Å²) in [6.45, 7) is 6.07. The summed E-state index contributed by atoms with van der Waals surface area (Å²) >= 11 is 0. The Morgan fingerprint density at radius 2 is 1.73 bits per heavy atom. The topological polar surface area (TPSA) is 168 Å². The number of fused-ring (bicyclic) bond motifs is 1. The Kier molecular flexibility index (Phi) is 10.6. The highest BCUT2D eigenvalue weighted by Gasteiger charge is 2.29. The number of piperazine rings is 2. The van der Waals surface area contributed by atoms with E-state index in [2.05, 4.69) is 20.6 Å². The number of carbonyl (C=O) groups is 3. The van der Waals surface area contributed by atoms with Gasteiger partial charge >= 0.3 is 6.03 Å². The number of ether oxygens (including phenoxy) is 1. The van der Waals surface area contributed by atoms with Gasteiger partial charge in [-0.2, -0.15) is 9.65 Å². The molecule has 0 bridgehead atoms. The number of carbonyl (C=O) groups excluding carboxylic acids is 2. The largest absolute Gasteiger partial charge is 0.483 e. The van der Waals surface area contributed by atoms with Crippen LogP contribution in [0.4, 0.5) is 25.1 Å². The lowest BCUT2D eigenvalue weighted by Gasteiger charge is -2.38. The van der Waals surface area contributed by atoms with Crippen molar-refractivity contribution in [1.82, 2.24) is 34.4 Å². The third-order valence-electron chi connectivity index (χ3n) is 7.99. The number of nitrogens with one attached hydrogen (secondary N) is 2. The third kappa shape index (κ3) is 7.10. The number of urea groups is 1. The van der Waals surface area contributed by atoms with Crippen LogP contribution in [0.5, 0.6) is 5.75 Å². The van der Waals surface area contributed by atoms with Crippen LogP contribution < -0.4 is 15.4 Å². The SMILES string of the molecule is Cc1cc(Nc2nccn3c(-c4ccc(OCC#N)c(F)c4F)cnc23)ccc1C(=O)N1CCN(C(=O)N2CCNCC2)CC1.O=CO. The van der Waals surface area contributed by atoms with Crippen molar-refractivity contribution in [3.63, 3.8) is 0 Å². The van der Waals surface area contributed by atoms with Gasteiger partial charge < -0.3 is 35.2 Å². The van der Waals surface area contributed by atoms with Crippen LogP contribution in [0.15, 0.2) is 48.9 Å². The molecule has 48 heavy (non-hydrogen) atoms. The first-order valence-corrected chi connectivity index (χ1v) is 15.1. The van der Waals surface area contributed by atoms with E-state index < -0.39 is 18.2 Å². The van der Waals surface area contributed by atoms with Crippen molar-refractivity contribution in [2.24, 2.45) is 0 Å². The number of anilines is 2. The molecule has 250 valence electrons. The molecule has 0 aliphatic carbocycles. The fraction of sp³-hybridized carbons (Fsp3) is 0.312. The van der Waals surface area contributed by atoms with E-state index >= 15 is 0 Å². The molecule has 16 heteroatoms. The molecule has 0 spiro atoms. The van der Waals surface area contributed by atoms with E-state index in [0.29, 0.717) is 67.7 Å². The number of hydrogen-bond donors (Lipinski definition) is 3. The van der Waals surface area contributed by atoms with Crippen LogP contribution in [-0.2, 0) is 4.79 Å². The maximum Gasteiger partial charge on any atom is 0.320 e. The van der Waals surface area contributed by atoms with Crippen LogP contribution in [0.3, 0.4) is 0 Å². The normalized spacial score (nSPS) is 14.5. The number of benzene rings is 2. The molecule has 2 aliphatic heterocycles. The zero-order chi connectivity index (χ0) is 34.2. The lowest BCUT2D eigenvalue weighted by Crippen LogP contribution is -2.57. The van der Waals surface area contributed by atoms with Gasteiger partial charge in [0.05, 0.1) is 11.9 Å². The summed E-state index contributed by atoms with van der Waals surface area (Å²) < 4.78 is 36.1. The van der Waals surface area contributed by atoms with Gasteiger partial charge in [0, 0.05) is 81.6 Å². The molecule has 4 aromatic rings. The average molecular weight is 662 g/mol. The Morgan fingerprint density at radius 3 is 2.42 bits per heavy atom. The number of nitrogens with zero attached hydrogens (tertiary/aromatic N) is 7. The number of rotatable bonds is 6. The molecule has 4 heterocycles. The zero-order valence-electron chi connectivity index (χ0n) is 26.0. The second kappa shape index (κ2) is 15.2. The van der Waals surface area contributed by atoms with E-state index in [9.17, 15) is 18.4 Å². The van der Waals surface area contributed by atoms with Crippen LogP contribution in [0.25, 0.3) is 16.9 Å². The number of aromatic nitrogens is 3. The smallest absolute Gasteiger partial charge is 0.320 e. The Hall–Kier alpha value is -5.82. The van der Waals surface area contributed by atoms with Crippen LogP contribution in [-0.4, -0.2) is 112 Å². The van der Waals surface area contributed by atoms with Crippen molar-refractivity contribution >= 4 is 35.6 Å². The first kappa shape index (κ1) is 33.5. The van der Waals surface area contributed by atoms with Gasteiger partial charge in [0.2, 0.25) is 5.82 Å². The van der Waals surface area contributed by atoms with Gasteiger partial charge in [0.25, 0.3) is 12.4 Å². The Morgan fingerprint density at radius 1 is 1.04 bits per heavy atom. The lowest BCUT2D eigenvalue weighted by atomic mass is 10.1. The molecule has 0 radical (unpaired) electrons. The molecular formula is C32H33F2N9O5. The zero-order valence-corrected chi connectivity index (χ0v) is 26.0. The predicted molar refractivity (Wildman–Crippen MR) is 170 cm³/mol. The number of carboxylic acid groups (broad SMARTS) is 1. The molecule has 2 saturated heterocycles. The van der Waals surface area contributed by atoms with E-state index in [1.54, 1.807) is 33.7 Å². The molecule has 6 rings (SSSR count). The van der Waals surface area contributed by atoms with Gasteiger partial charge in [-0.1, -0.05) is 0 Å². The van der Waals surface area contributed by atoms with Crippen molar-refractivity contribution in [2.75, 3.05) is 64.3 Å². The maximum absolute atomic E-state index is 15.0. The van der Waals surface area contributed by atoms with E-state index in [0.717, 1.165) is 18.7 Å². The number of nitriles is 1. The number of halogens is 2. The van der Waals surface area contributed by atoms with Gasteiger partial charge in [-0.3, -0.25) is 14.0 Å². The Balaban J connectivity index is 0.00000145. The molecule has 2 fully saturated rings. The molecule has 0 unspecified atom stereocenters. The predicted octanol–water partition coefficient (Wildman–Crippen LogP) is 3.11. The third-order valence-corrected chi connectivity index (χ3v) is 7.99. The molecule has 14 nitrogen and oxygen atoms in total. The number of imidazole rings is 1. The average Bonchev–Trinajstić information content (AvgIpc) is 3.54. The van der Waals surface area contributed by atoms with Gasteiger partial charge in [-0.25, -0.2) is 19.2 Å². The first-order chi connectivity index (χ1) is 23.3. The molecule has 2 aliphatic rings. The van der Waals surface area contributed by atoms with Crippen LogP contribution in [0, 0.1) is 29.9 Å². The highest BCUT2D eigenvalue weighted by atomic mass is 19.2. The summed E-state index contributed by atoms with van der Waals surface area (Å²) in [5.41, 5.74) is 2.63. The van der Waals surface area contributed by atoms with Gasteiger partial charge in [-0.15, -0.1) is 0 Å². The summed E-state index contributed by atoms with van der Waals surface area (Å²) in [5.74, 6) is -2.38. The quantitative estimate of drug-likeness (QED) is 0.261. The van der Waals surface area contributed by atoms with E-state index in [-0.39, 0.29) is 29.7 Å². The summed E-state index contributed by atoms with van der Waals surface area (Å²) in [5, 5.41) is 22.0. The summed E-state index contributed by atoms with van der Waals surface area (Å²) in [7, 11) is 0. The Labute approximate surface area is 274 Å². The summed E-state index contributed by atoms with van der Waals surface area (Å²) in [6, 6.07) is 9.75. The second-order valence-electron chi connectivity index (χ2n) is 10.9. The Bertz CT molecular complexity index is 1850. The summed E-state index contributed by atoms with van der Waals surface area (Å²) in [4.78, 5) is 48.8. The fourth-order valence-electron chi connectivity index (χ4n) is 5.60. The number of hydrogen-bond acceptors (Lipinski definition) is 9. The molecule has 0 saturated carbocycles. The minimum atomic E-state index is -1.19. The molecule has 2 aromatic heterocycles. The van der Waals surface area contributed by atoms with Crippen molar-refractivity contribution < 1.29 is 33.0 Å². The van der Waals surface area contributed by atoms with Crippen molar-refractivity contribution in [2.45, 2.75) is 6.92 Å². The fourth-order valence-corrected chi connectivity index (χ4v) is 5.60. The van der Waals surface area contributed by atoms with E-state index in [4.69, 9.17) is 19.9 Å². The van der Waals surface area contributed by atoms with Crippen LogP contribution >= 0.6 is 0 Å². The van der Waals surface area contributed by atoms with Gasteiger partial charge in [0.15, 0.2) is 29.6 Å². The van der Waals surface area contributed by atoms with Gasteiger partial charge in [-0.05, 0) is 42.8 Å². The lowest BCUT2D eigenvalue weighted by molar-refractivity contribution is -0.122. The van der Waals surface area contributed by atoms with Crippen LogP contribution in [0.1, 0.15) is 15.9 Å². The standard InChI is InChI=1S/C31H31F2N9O3.CH2O2/c1-20-18-21(2-3-22(20)30(43)39-13-15-41(16-14-39)31(44)40-10-7-35-8-11-40)38-28-29-37-19-24(42(29)12-9-36-28)23-4-5-25(45-17-6-34)27(33)26(23)32;2-1-3/h2-5,9,12,18-19,35H,7-8,10-11,13-17H2,1H3,(H,36,38);1H,(H,2,3). The highest BCUT2D eigenvalue weighted by Crippen LogP contribution is 2.32. The minimum absolute atomic E-state index is 0.0280. The second-order valence-corrected chi connectivity index (χ2v) is 10.9. The molecular weight excluding hydrogens is 628 g/mol. The van der Waals surface area contributed by atoms with Crippen molar-refractivity contribution in [3.05, 3.63) is 71.7 Å². The van der Waals surface area contributed by atoms with Gasteiger partial charge in [0.1, 0.15) is 6.07 Å². The minimum Gasteiger partial charge on any atom is -0.483 e. The van der Waals surface area contributed by atoms with E-state index in [1.165, 1.54) is 24.5 Å². The van der Waals surface area contributed by atoms with Crippen molar-refractivity contribution in [3.8, 4) is 23.1 Å². The number of aryl methyl sites for hydroxylation is 1. The highest BCUT2D eigenvalue weighted by molar-refractivity contribution is 5.96. The maximum atomic E-state index is 15.0. The molecule has 2 aromatic carbocycles. The monoisotopic (exact) mass is 661 g/mol. The summed E-state index contributed by atoms with van der Waals surface area (Å²) in [6.07, 6.45) is 4.51. The van der Waals surface area contributed by atoms with E-state index in [1.807, 2.05) is 22.8 Å². The number of amides is 3. The van der Waals surface area contributed by atoms with Crippen molar-refractivity contribution in [1.29, 1.82) is 5.26 Å². The molecule has 3 amide bonds.